The van der Waals surface area contributed by atoms with Crippen molar-refractivity contribution >= 4 is 5.91 Å². The highest BCUT2D eigenvalue weighted by Crippen LogP contribution is 2.06. The first-order valence-corrected chi connectivity index (χ1v) is 5.90. The summed E-state index contributed by atoms with van der Waals surface area (Å²) in [5.41, 5.74) is 3.19. The van der Waals surface area contributed by atoms with Crippen molar-refractivity contribution in [2.45, 2.75) is 33.7 Å². The maximum absolute atomic E-state index is 11.4. The van der Waals surface area contributed by atoms with Gasteiger partial charge in [0, 0.05) is 31.5 Å². The number of hydrogen-bond acceptors (Lipinski definition) is 3. The third-order valence-corrected chi connectivity index (χ3v) is 2.56. The quantitative estimate of drug-likeness (QED) is 0.765. The number of hydrogen-bond donors (Lipinski definition) is 1. The lowest BCUT2D eigenvalue weighted by Crippen LogP contribution is -2.24. The van der Waals surface area contributed by atoms with Gasteiger partial charge in [-0.3, -0.25) is 9.78 Å². The second-order valence-corrected chi connectivity index (χ2v) is 3.97. The zero-order chi connectivity index (χ0) is 12.7. The Morgan fingerprint density at radius 3 is 2.88 bits per heavy atom. The minimum Gasteiger partial charge on any atom is -0.381 e. The Balaban J connectivity index is 2.34. The molecule has 0 spiro atoms. The van der Waals surface area contributed by atoms with E-state index in [1.54, 1.807) is 6.20 Å². The smallest absolute Gasteiger partial charge is 0.222 e. The Morgan fingerprint density at radius 2 is 2.24 bits per heavy atom. The highest BCUT2D eigenvalue weighted by Gasteiger charge is 2.02. The number of pyridine rings is 1. The molecular weight excluding hydrogens is 216 g/mol. The number of aromatic nitrogens is 1. The average Bonchev–Trinajstić information content (AvgIpc) is 2.31. The summed E-state index contributed by atoms with van der Waals surface area (Å²) < 4.78 is 5.12. The van der Waals surface area contributed by atoms with Crippen LogP contribution in [0.5, 0.6) is 0 Å². The van der Waals surface area contributed by atoms with Crippen molar-refractivity contribution in [3.8, 4) is 0 Å². The van der Waals surface area contributed by atoms with Crippen molar-refractivity contribution in [1.29, 1.82) is 0 Å². The minimum atomic E-state index is 0.0108. The molecule has 0 aromatic carbocycles. The van der Waals surface area contributed by atoms with Crippen molar-refractivity contribution in [2.75, 3.05) is 13.2 Å². The van der Waals surface area contributed by atoms with Gasteiger partial charge in [-0.15, -0.1) is 0 Å². The molecule has 0 aliphatic rings. The first-order chi connectivity index (χ1) is 8.13. The number of carbonyl (C=O) groups is 1. The molecule has 0 aliphatic heterocycles. The lowest BCUT2D eigenvalue weighted by molar-refractivity contribution is -0.122. The molecule has 0 bridgehead atoms. The molecule has 1 heterocycles. The monoisotopic (exact) mass is 236 g/mol. The van der Waals surface area contributed by atoms with Crippen LogP contribution in [0.25, 0.3) is 0 Å². The highest BCUT2D eigenvalue weighted by molar-refractivity contribution is 5.75. The molecule has 94 valence electrons. The van der Waals surface area contributed by atoms with E-state index in [2.05, 4.69) is 10.3 Å². The van der Waals surface area contributed by atoms with Crippen molar-refractivity contribution in [1.82, 2.24) is 10.3 Å². The Morgan fingerprint density at radius 1 is 1.47 bits per heavy atom. The van der Waals surface area contributed by atoms with E-state index in [0.717, 1.165) is 16.8 Å². The van der Waals surface area contributed by atoms with E-state index in [1.807, 2.05) is 26.8 Å². The summed E-state index contributed by atoms with van der Waals surface area (Å²) in [4.78, 5) is 15.7. The van der Waals surface area contributed by atoms with Crippen LogP contribution in [0.15, 0.2) is 12.3 Å². The van der Waals surface area contributed by atoms with Gasteiger partial charge < -0.3 is 10.1 Å². The van der Waals surface area contributed by atoms with Gasteiger partial charge in [0.1, 0.15) is 0 Å². The van der Waals surface area contributed by atoms with Crippen LogP contribution in [0.2, 0.25) is 0 Å². The van der Waals surface area contributed by atoms with Crippen LogP contribution >= 0.6 is 0 Å². The first kappa shape index (κ1) is 13.6. The zero-order valence-corrected chi connectivity index (χ0v) is 10.7. The Labute approximate surface area is 102 Å². The van der Waals surface area contributed by atoms with Gasteiger partial charge in [-0.1, -0.05) is 6.07 Å². The molecule has 1 aromatic heterocycles. The molecule has 0 atom stereocenters. The van der Waals surface area contributed by atoms with Gasteiger partial charge in [-0.05, 0) is 31.9 Å². The summed E-state index contributed by atoms with van der Waals surface area (Å²) in [6.07, 6.45) is 2.21. The van der Waals surface area contributed by atoms with Gasteiger partial charge in [0.05, 0.1) is 6.61 Å². The van der Waals surface area contributed by atoms with Gasteiger partial charge in [0.15, 0.2) is 0 Å². The summed E-state index contributed by atoms with van der Waals surface area (Å²) in [5.74, 6) is 0.0108. The van der Waals surface area contributed by atoms with Crippen LogP contribution < -0.4 is 5.32 Å². The minimum absolute atomic E-state index is 0.0108. The van der Waals surface area contributed by atoms with Crippen LogP contribution in [0.3, 0.4) is 0 Å². The average molecular weight is 236 g/mol. The highest BCUT2D eigenvalue weighted by atomic mass is 16.5. The van der Waals surface area contributed by atoms with E-state index in [1.165, 1.54) is 0 Å². The van der Waals surface area contributed by atoms with E-state index in [-0.39, 0.29) is 5.91 Å². The van der Waals surface area contributed by atoms with Crippen molar-refractivity contribution in [3.63, 3.8) is 0 Å². The fourth-order valence-electron chi connectivity index (χ4n) is 1.40. The second kappa shape index (κ2) is 7.01. The molecule has 0 fully saturated rings. The molecule has 0 saturated carbocycles. The molecule has 0 saturated heterocycles. The first-order valence-electron chi connectivity index (χ1n) is 5.90. The Bertz CT molecular complexity index is 378. The molecule has 17 heavy (non-hydrogen) atoms. The number of aryl methyl sites for hydroxylation is 2. The van der Waals surface area contributed by atoms with Gasteiger partial charge in [0.25, 0.3) is 0 Å². The summed E-state index contributed by atoms with van der Waals surface area (Å²) in [6.45, 7) is 7.56. The van der Waals surface area contributed by atoms with Crippen LogP contribution in [0.1, 0.15) is 30.2 Å². The maximum Gasteiger partial charge on any atom is 0.222 e. The van der Waals surface area contributed by atoms with Crippen molar-refractivity contribution in [2.24, 2.45) is 0 Å². The van der Waals surface area contributed by atoms with Crippen molar-refractivity contribution < 1.29 is 9.53 Å². The van der Waals surface area contributed by atoms with Crippen LogP contribution in [0.4, 0.5) is 0 Å². The molecule has 1 amide bonds. The maximum atomic E-state index is 11.4. The van der Waals surface area contributed by atoms with E-state index in [9.17, 15) is 4.79 Å². The Kier molecular flexibility index (Phi) is 5.63. The van der Waals surface area contributed by atoms with Crippen LogP contribution in [-0.2, 0) is 16.1 Å². The molecule has 0 unspecified atom stereocenters. The summed E-state index contributed by atoms with van der Waals surface area (Å²) in [7, 11) is 0. The number of nitrogens with zero attached hydrogens (tertiary/aromatic N) is 1. The molecule has 1 rings (SSSR count). The van der Waals surface area contributed by atoms with Crippen LogP contribution in [-0.4, -0.2) is 24.1 Å². The number of amides is 1. The molecule has 4 heteroatoms. The molecule has 4 nitrogen and oxygen atoms in total. The predicted octanol–water partition coefficient (Wildman–Crippen LogP) is 1.74. The standard InChI is InChI=1S/C13H20N2O2/c1-4-17-6-5-13(16)15-9-12-7-10(2)11(3)14-8-12/h7-8H,4-6,9H2,1-3H3,(H,15,16). The normalized spacial score (nSPS) is 10.3. The lowest BCUT2D eigenvalue weighted by Gasteiger charge is -2.07. The predicted molar refractivity (Wildman–Crippen MR) is 66.7 cm³/mol. The summed E-state index contributed by atoms with van der Waals surface area (Å²) in [6, 6.07) is 2.05. The summed E-state index contributed by atoms with van der Waals surface area (Å²) >= 11 is 0. The van der Waals surface area contributed by atoms with Crippen LogP contribution in [0, 0.1) is 13.8 Å². The molecule has 0 radical (unpaired) electrons. The van der Waals surface area contributed by atoms with Gasteiger partial charge in [-0.2, -0.15) is 0 Å². The fraction of sp³-hybridized carbons (Fsp3) is 0.538. The molecule has 0 aliphatic carbocycles. The lowest BCUT2D eigenvalue weighted by atomic mass is 10.1. The number of ether oxygens (including phenoxy) is 1. The summed E-state index contributed by atoms with van der Waals surface area (Å²) in [5, 5.41) is 2.85. The van der Waals surface area contributed by atoms with Gasteiger partial charge in [-0.25, -0.2) is 0 Å². The SMILES string of the molecule is CCOCCC(=O)NCc1cnc(C)c(C)c1. The largest absolute Gasteiger partial charge is 0.381 e. The number of carbonyl (C=O) groups excluding carboxylic acids is 1. The number of rotatable bonds is 6. The van der Waals surface area contributed by atoms with E-state index in [0.29, 0.717) is 26.2 Å². The van der Waals surface area contributed by atoms with Crippen molar-refractivity contribution in [3.05, 3.63) is 29.1 Å². The Hall–Kier alpha value is -1.42. The van der Waals surface area contributed by atoms with Gasteiger partial charge in [0.2, 0.25) is 5.91 Å². The van der Waals surface area contributed by atoms with Gasteiger partial charge >= 0.3 is 0 Å². The molecule has 1 N–H and O–H groups in total. The molecular formula is C13H20N2O2. The third-order valence-electron chi connectivity index (χ3n) is 2.56. The fourth-order valence-corrected chi connectivity index (χ4v) is 1.40. The zero-order valence-electron chi connectivity index (χ0n) is 10.7. The van der Waals surface area contributed by atoms with E-state index < -0.39 is 0 Å². The molecule has 1 aromatic rings. The number of nitrogens with one attached hydrogen (secondary N) is 1. The van der Waals surface area contributed by atoms with E-state index in [4.69, 9.17) is 4.74 Å². The third kappa shape index (κ3) is 4.95. The second-order valence-electron chi connectivity index (χ2n) is 3.97. The topological polar surface area (TPSA) is 51.2 Å². The van der Waals surface area contributed by atoms with E-state index >= 15 is 0 Å².